The quantitative estimate of drug-likeness (QED) is 0.635. The van der Waals surface area contributed by atoms with Crippen LogP contribution >= 0.6 is 0 Å². The molecule has 3 rings (SSSR count). The Morgan fingerprint density at radius 2 is 2.00 bits per heavy atom. The van der Waals surface area contributed by atoms with Crippen LogP contribution in [0.25, 0.3) is 16.9 Å². The van der Waals surface area contributed by atoms with Crippen LogP contribution in [0, 0.1) is 0 Å². The van der Waals surface area contributed by atoms with E-state index < -0.39 is 18.0 Å². The number of nitrogens with zero attached hydrogens (tertiary/aromatic N) is 3. The van der Waals surface area contributed by atoms with Gasteiger partial charge in [-0.1, -0.05) is 30.3 Å². The minimum absolute atomic E-state index is 0.109. The number of carbonyl (C=O) groups excluding carboxylic acids is 1. The van der Waals surface area contributed by atoms with Crippen molar-refractivity contribution in [1.29, 1.82) is 0 Å². The lowest BCUT2D eigenvalue weighted by atomic mass is 10.1. The van der Waals surface area contributed by atoms with Crippen molar-refractivity contribution >= 4 is 11.6 Å². The van der Waals surface area contributed by atoms with Gasteiger partial charge >= 0.3 is 0 Å². The van der Waals surface area contributed by atoms with Crippen molar-refractivity contribution in [2.75, 3.05) is 13.1 Å². The van der Waals surface area contributed by atoms with Crippen LogP contribution in [-0.2, 0) is 0 Å². The first-order chi connectivity index (χ1) is 12.6. The fourth-order valence-corrected chi connectivity index (χ4v) is 2.63. The summed E-state index contributed by atoms with van der Waals surface area (Å²) in [6, 6.07) is 10.3. The number of nitrogens with two attached hydrogens (primary N) is 1. The molecule has 1 amide bonds. The normalized spacial score (nSPS) is 11.2. The summed E-state index contributed by atoms with van der Waals surface area (Å²) in [5, 5.41) is 6.93. The molecule has 0 unspecified atom stereocenters. The Morgan fingerprint density at radius 1 is 1.23 bits per heavy atom. The average molecular weight is 359 g/mol. The molecule has 2 heterocycles. The Balaban J connectivity index is 2.02. The number of unbranched alkanes of at least 4 members (excludes halogenated alkanes) is 1. The highest BCUT2D eigenvalue weighted by molar-refractivity contribution is 5.99. The lowest BCUT2D eigenvalue weighted by molar-refractivity contribution is 0.0954. The summed E-state index contributed by atoms with van der Waals surface area (Å²) in [5.41, 5.74) is 6.46. The minimum atomic E-state index is -2.75. The first-order valence-electron chi connectivity index (χ1n) is 8.32. The number of hydrogen-bond acceptors (Lipinski definition) is 4. The monoisotopic (exact) mass is 359 g/mol. The topological polar surface area (TPSA) is 85.3 Å². The first-order valence-corrected chi connectivity index (χ1v) is 8.32. The first kappa shape index (κ1) is 17.9. The molecule has 0 fully saturated rings. The fraction of sp³-hybridized carbons (Fsp3) is 0.278. The third-order valence-electron chi connectivity index (χ3n) is 3.95. The highest BCUT2D eigenvalue weighted by Crippen LogP contribution is 2.26. The Hall–Kier alpha value is -2.87. The molecule has 0 radical (unpaired) electrons. The SMILES string of the molecule is NCCCCNC(=O)c1cnn2c(-c3ccccc3)cc(C(F)F)nc12. The molecule has 2 aromatic heterocycles. The zero-order valence-corrected chi connectivity index (χ0v) is 14.0. The van der Waals surface area contributed by atoms with E-state index in [1.54, 1.807) is 24.3 Å². The zero-order valence-electron chi connectivity index (χ0n) is 14.0. The molecule has 26 heavy (non-hydrogen) atoms. The van der Waals surface area contributed by atoms with E-state index >= 15 is 0 Å². The van der Waals surface area contributed by atoms with Crippen molar-refractivity contribution in [2.24, 2.45) is 5.73 Å². The second-order valence-electron chi connectivity index (χ2n) is 5.78. The molecule has 3 N–H and O–H groups in total. The number of fused-ring (bicyclic) bond motifs is 1. The van der Waals surface area contributed by atoms with E-state index in [0.29, 0.717) is 24.3 Å². The molecule has 0 saturated carbocycles. The molecule has 8 heteroatoms. The van der Waals surface area contributed by atoms with Gasteiger partial charge in [0.25, 0.3) is 12.3 Å². The van der Waals surface area contributed by atoms with Crippen LogP contribution in [0.1, 0.15) is 35.3 Å². The van der Waals surface area contributed by atoms with Gasteiger partial charge in [0.15, 0.2) is 5.65 Å². The number of rotatable bonds is 7. The van der Waals surface area contributed by atoms with Gasteiger partial charge in [-0.15, -0.1) is 0 Å². The molecule has 6 nitrogen and oxygen atoms in total. The smallest absolute Gasteiger partial charge is 0.280 e. The molecule has 0 aliphatic rings. The van der Waals surface area contributed by atoms with Gasteiger partial charge in [-0.2, -0.15) is 5.10 Å². The molecule has 0 aliphatic carbocycles. The van der Waals surface area contributed by atoms with E-state index in [1.165, 1.54) is 16.8 Å². The molecule has 0 saturated heterocycles. The van der Waals surface area contributed by atoms with Gasteiger partial charge in [0.2, 0.25) is 0 Å². The highest BCUT2D eigenvalue weighted by Gasteiger charge is 2.20. The van der Waals surface area contributed by atoms with E-state index in [-0.39, 0.29) is 11.2 Å². The summed E-state index contributed by atoms with van der Waals surface area (Å²) < 4.78 is 28.0. The standard InChI is InChI=1S/C18H19F2N5O/c19-16(20)14-10-15(12-6-2-1-3-7-12)25-17(24-14)13(11-23-25)18(26)22-9-5-4-8-21/h1-3,6-7,10-11,16H,4-5,8-9,21H2,(H,22,26). The van der Waals surface area contributed by atoms with Gasteiger partial charge in [-0.05, 0) is 25.5 Å². The predicted molar refractivity (Wildman–Crippen MR) is 94.0 cm³/mol. The van der Waals surface area contributed by atoms with Crippen LogP contribution in [0.2, 0.25) is 0 Å². The number of nitrogens with one attached hydrogen (secondary N) is 1. The summed E-state index contributed by atoms with van der Waals surface area (Å²) in [6.45, 7) is 1.000. The van der Waals surface area contributed by atoms with Gasteiger partial charge in [-0.3, -0.25) is 4.79 Å². The fourth-order valence-electron chi connectivity index (χ4n) is 2.63. The molecule has 0 atom stereocenters. The lowest BCUT2D eigenvalue weighted by Gasteiger charge is -2.09. The Kier molecular flexibility index (Phi) is 5.52. The van der Waals surface area contributed by atoms with Crippen molar-refractivity contribution in [3.8, 4) is 11.3 Å². The van der Waals surface area contributed by atoms with Crippen LogP contribution < -0.4 is 11.1 Å². The van der Waals surface area contributed by atoms with Gasteiger partial charge < -0.3 is 11.1 Å². The van der Waals surface area contributed by atoms with E-state index in [4.69, 9.17) is 5.73 Å². The lowest BCUT2D eigenvalue weighted by Crippen LogP contribution is -2.25. The maximum Gasteiger partial charge on any atom is 0.280 e. The molecule has 136 valence electrons. The van der Waals surface area contributed by atoms with Gasteiger partial charge in [0, 0.05) is 12.1 Å². The Bertz CT molecular complexity index is 895. The van der Waals surface area contributed by atoms with Crippen molar-refractivity contribution in [3.63, 3.8) is 0 Å². The molecule has 0 aliphatic heterocycles. The van der Waals surface area contributed by atoms with E-state index in [2.05, 4.69) is 15.4 Å². The molecule has 0 spiro atoms. The Labute approximate surface area is 149 Å². The third-order valence-corrected chi connectivity index (χ3v) is 3.95. The third kappa shape index (κ3) is 3.70. The average Bonchev–Trinajstić information content (AvgIpc) is 3.09. The van der Waals surface area contributed by atoms with Gasteiger partial charge in [0.05, 0.1) is 11.9 Å². The summed E-state index contributed by atoms with van der Waals surface area (Å²) >= 11 is 0. The number of hydrogen-bond donors (Lipinski definition) is 2. The van der Waals surface area contributed by atoms with Gasteiger partial charge in [-0.25, -0.2) is 18.3 Å². The number of benzene rings is 1. The predicted octanol–water partition coefficient (Wildman–Crippen LogP) is 2.80. The van der Waals surface area contributed by atoms with Crippen molar-refractivity contribution in [1.82, 2.24) is 19.9 Å². The van der Waals surface area contributed by atoms with E-state index in [1.807, 2.05) is 6.07 Å². The van der Waals surface area contributed by atoms with Crippen LogP contribution in [0.4, 0.5) is 8.78 Å². The van der Waals surface area contributed by atoms with Crippen LogP contribution in [0.3, 0.4) is 0 Å². The zero-order chi connectivity index (χ0) is 18.5. The summed E-state index contributed by atoms with van der Waals surface area (Å²) in [4.78, 5) is 16.3. The largest absolute Gasteiger partial charge is 0.352 e. The molecule has 0 bridgehead atoms. The second kappa shape index (κ2) is 8.01. The maximum atomic E-state index is 13.3. The van der Waals surface area contributed by atoms with E-state index in [0.717, 1.165) is 12.8 Å². The molecular weight excluding hydrogens is 340 g/mol. The maximum absolute atomic E-state index is 13.3. The number of aromatic nitrogens is 3. The van der Waals surface area contributed by atoms with Crippen LogP contribution in [0.5, 0.6) is 0 Å². The number of alkyl halides is 2. The highest BCUT2D eigenvalue weighted by atomic mass is 19.3. The Morgan fingerprint density at radius 3 is 2.69 bits per heavy atom. The molecule has 1 aromatic carbocycles. The summed E-state index contributed by atoms with van der Waals surface area (Å²) in [7, 11) is 0. The summed E-state index contributed by atoms with van der Waals surface area (Å²) in [5.74, 6) is -0.394. The van der Waals surface area contributed by atoms with Crippen molar-refractivity contribution < 1.29 is 13.6 Å². The van der Waals surface area contributed by atoms with Crippen LogP contribution in [-0.4, -0.2) is 33.6 Å². The van der Waals surface area contributed by atoms with Crippen molar-refractivity contribution in [3.05, 3.63) is 53.9 Å². The van der Waals surface area contributed by atoms with Crippen molar-refractivity contribution in [2.45, 2.75) is 19.3 Å². The number of halogens is 2. The van der Waals surface area contributed by atoms with Crippen LogP contribution in [0.15, 0.2) is 42.6 Å². The number of carbonyl (C=O) groups is 1. The molecular formula is C18H19F2N5O. The number of amides is 1. The minimum Gasteiger partial charge on any atom is -0.352 e. The second-order valence-corrected chi connectivity index (χ2v) is 5.78. The van der Waals surface area contributed by atoms with Gasteiger partial charge in [0.1, 0.15) is 11.3 Å². The molecule has 3 aromatic rings. The summed E-state index contributed by atoms with van der Waals surface area (Å²) in [6.07, 6.45) is 0.133. The van der Waals surface area contributed by atoms with E-state index in [9.17, 15) is 13.6 Å².